The van der Waals surface area contributed by atoms with Crippen LogP contribution in [-0.2, 0) is 11.3 Å². The normalized spacial score (nSPS) is 10.1. The SMILES string of the molecule is COc1cc(C)c(NC(=O)c2ccc(CNC(C)=O)cc2)cc1OC. The Labute approximate surface area is 147 Å². The van der Waals surface area contributed by atoms with Crippen LogP contribution < -0.4 is 20.1 Å². The predicted molar refractivity (Wildman–Crippen MR) is 96.2 cm³/mol. The van der Waals surface area contributed by atoms with Gasteiger partial charge in [0, 0.05) is 30.8 Å². The molecule has 6 nitrogen and oxygen atoms in total. The van der Waals surface area contributed by atoms with Crippen molar-refractivity contribution >= 4 is 17.5 Å². The number of rotatable bonds is 6. The molecule has 0 saturated carbocycles. The molecule has 0 bridgehead atoms. The van der Waals surface area contributed by atoms with Crippen molar-refractivity contribution in [2.75, 3.05) is 19.5 Å². The number of aryl methyl sites for hydroxylation is 1. The number of methoxy groups -OCH3 is 2. The number of ether oxygens (including phenoxy) is 2. The average molecular weight is 342 g/mol. The van der Waals surface area contributed by atoms with E-state index < -0.39 is 0 Å². The first-order valence-electron chi connectivity index (χ1n) is 7.82. The summed E-state index contributed by atoms with van der Waals surface area (Å²) in [4.78, 5) is 23.4. The highest BCUT2D eigenvalue weighted by atomic mass is 16.5. The van der Waals surface area contributed by atoms with Gasteiger partial charge in [0.15, 0.2) is 11.5 Å². The van der Waals surface area contributed by atoms with Crippen molar-refractivity contribution in [2.24, 2.45) is 0 Å². The monoisotopic (exact) mass is 342 g/mol. The molecule has 0 atom stereocenters. The molecule has 2 amide bonds. The second-order valence-corrected chi connectivity index (χ2v) is 5.58. The average Bonchev–Trinajstić information content (AvgIpc) is 2.61. The topological polar surface area (TPSA) is 76.7 Å². The van der Waals surface area contributed by atoms with E-state index in [0.717, 1.165) is 11.1 Å². The number of hydrogen-bond acceptors (Lipinski definition) is 4. The number of amides is 2. The molecule has 0 spiro atoms. The summed E-state index contributed by atoms with van der Waals surface area (Å²) < 4.78 is 10.5. The molecule has 0 fully saturated rings. The zero-order valence-corrected chi connectivity index (χ0v) is 14.8. The van der Waals surface area contributed by atoms with Gasteiger partial charge in [-0.25, -0.2) is 0 Å². The predicted octanol–water partition coefficient (Wildman–Crippen LogP) is 2.90. The van der Waals surface area contributed by atoms with Crippen LogP contribution in [0.5, 0.6) is 11.5 Å². The van der Waals surface area contributed by atoms with Gasteiger partial charge in [0.25, 0.3) is 5.91 Å². The van der Waals surface area contributed by atoms with Crippen LogP contribution in [0, 0.1) is 6.92 Å². The van der Waals surface area contributed by atoms with Gasteiger partial charge >= 0.3 is 0 Å². The Morgan fingerprint density at radius 1 is 1.00 bits per heavy atom. The zero-order valence-electron chi connectivity index (χ0n) is 14.8. The van der Waals surface area contributed by atoms with Crippen LogP contribution in [-0.4, -0.2) is 26.0 Å². The van der Waals surface area contributed by atoms with Gasteiger partial charge in [0.2, 0.25) is 5.91 Å². The van der Waals surface area contributed by atoms with Crippen molar-refractivity contribution in [3.05, 3.63) is 53.1 Å². The first kappa shape index (κ1) is 18.3. The smallest absolute Gasteiger partial charge is 0.255 e. The third kappa shape index (κ3) is 4.73. The van der Waals surface area contributed by atoms with Gasteiger partial charge in [-0.1, -0.05) is 12.1 Å². The molecule has 0 aromatic heterocycles. The molecule has 2 aromatic rings. The Morgan fingerprint density at radius 3 is 2.16 bits per heavy atom. The van der Waals surface area contributed by atoms with Crippen molar-refractivity contribution < 1.29 is 19.1 Å². The molecule has 6 heteroatoms. The Bertz CT molecular complexity index is 770. The lowest BCUT2D eigenvalue weighted by Gasteiger charge is -2.14. The molecule has 0 aliphatic carbocycles. The standard InChI is InChI=1S/C19H22N2O4/c1-12-9-17(24-3)18(25-4)10-16(12)21-19(23)15-7-5-14(6-8-15)11-20-13(2)22/h5-10H,11H2,1-4H3,(H,20,22)(H,21,23). The van der Waals surface area contributed by atoms with Crippen LogP contribution in [0.15, 0.2) is 36.4 Å². The summed E-state index contributed by atoms with van der Waals surface area (Å²) in [7, 11) is 3.12. The van der Waals surface area contributed by atoms with E-state index in [1.807, 2.05) is 25.1 Å². The summed E-state index contributed by atoms with van der Waals surface area (Å²) in [6, 6.07) is 10.6. The van der Waals surface area contributed by atoms with E-state index in [1.165, 1.54) is 6.92 Å². The summed E-state index contributed by atoms with van der Waals surface area (Å²) in [5.41, 5.74) is 2.98. The van der Waals surface area contributed by atoms with Crippen LogP contribution in [0.2, 0.25) is 0 Å². The van der Waals surface area contributed by atoms with E-state index in [-0.39, 0.29) is 11.8 Å². The Balaban J connectivity index is 2.12. The largest absolute Gasteiger partial charge is 0.493 e. The highest BCUT2D eigenvalue weighted by molar-refractivity contribution is 6.04. The Kier molecular flexibility index (Phi) is 6.00. The van der Waals surface area contributed by atoms with Gasteiger partial charge in [0.1, 0.15) is 0 Å². The minimum atomic E-state index is -0.221. The van der Waals surface area contributed by atoms with Gasteiger partial charge in [0.05, 0.1) is 14.2 Å². The van der Waals surface area contributed by atoms with Crippen LogP contribution in [0.25, 0.3) is 0 Å². The maximum Gasteiger partial charge on any atom is 0.255 e. The lowest BCUT2D eigenvalue weighted by atomic mass is 10.1. The zero-order chi connectivity index (χ0) is 18.4. The minimum absolute atomic E-state index is 0.0919. The summed E-state index contributed by atoms with van der Waals surface area (Å²) in [6.45, 7) is 3.79. The number of hydrogen-bond donors (Lipinski definition) is 2. The first-order valence-corrected chi connectivity index (χ1v) is 7.82. The van der Waals surface area contributed by atoms with E-state index in [2.05, 4.69) is 10.6 Å². The fourth-order valence-corrected chi connectivity index (χ4v) is 2.31. The molecule has 0 unspecified atom stereocenters. The van der Waals surface area contributed by atoms with Crippen molar-refractivity contribution in [1.82, 2.24) is 5.32 Å². The molecule has 0 radical (unpaired) electrons. The molecule has 0 saturated heterocycles. The first-order chi connectivity index (χ1) is 11.9. The molecular formula is C19H22N2O4. The lowest BCUT2D eigenvalue weighted by molar-refractivity contribution is -0.119. The fraction of sp³-hybridized carbons (Fsp3) is 0.263. The summed E-state index contributed by atoms with van der Waals surface area (Å²) in [6.07, 6.45) is 0. The van der Waals surface area contributed by atoms with E-state index in [1.54, 1.807) is 32.4 Å². The second kappa shape index (κ2) is 8.19. The number of carbonyl (C=O) groups excluding carboxylic acids is 2. The third-order valence-corrected chi connectivity index (χ3v) is 3.74. The lowest BCUT2D eigenvalue weighted by Crippen LogP contribution is -2.19. The Hall–Kier alpha value is -3.02. The quantitative estimate of drug-likeness (QED) is 0.846. The third-order valence-electron chi connectivity index (χ3n) is 3.74. The van der Waals surface area contributed by atoms with Gasteiger partial charge in [-0.3, -0.25) is 9.59 Å². The van der Waals surface area contributed by atoms with Gasteiger partial charge in [-0.2, -0.15) is 0 Å². The highest BCUT2D eigenvalue weighted by Gasteiger charge is 2.12. The van der Waals surface area contributed by atoms with E-state index >= 15 is 0 Å². The van der Waals surface area contributed by atoms with Crippen LogP contribution in [0.1, 0.15) is 28.4 Å². The van der Waals surface area contributed by atoms with Gasteiger partial charge in [-0.05, 0) is 36.2 Å². The van der Waals surface area contributed by atoms with Crippen molar-refractivity contribution in [3.63, 3.8) is 0 Å². The van der Waals surface area contributed by atoms with Crippen molar-refractivity contribution in [2.45, 2.75) is 20.4 Å². The minimum Gasteiger partial charge on any atom is -0.493 e. The maximum atomic E-state index is 12.4. The fourth-order valence-electron chi connectivity index (χ4n) is 2.31. The molecule has 2 N–H and O–H groups in total. The van der Waals surface area contributed by atoms with Crippen LogP contribution in [0.3, 0.4) is 0 Å². The molecule has 2 rings (SSSR count). The van der Waals surface area contributed by atoms with Crippen LogP contribution in [0.4, 0.5) is 5.69 Å². The molecule has 2 aromatic carbocycles. The summed E-state index contributed by atoms with van der Waals surface area (Å²) >= 11 is 0. The van der Waals surface area contributed by atoms with E-state index in [4.69, 9.17) is 9.47 Å². The molecule has 0 aliphatic rings. The van der Waals surface area contributed by atoms with E-state index in [9.17, 15) is 9.59 Å². The second-order valence-electron chi connectivity index (χ2n) is 5.58. The number of anilines is 1. The maximum absolute atomic E-state index is 12.4. The molecule has 132 valence electrons. The van der Waals surface area contributed by atoms with Gasteiger partial charge in [-0.15, -0.1) is 0 Å². The van der Waals surface area contributed by atoms with E-state index in [0.29, 0.717) is 29.3 Å². The molecule has 25 heavy (non-hydrogen) atoms. The number of carbonyl (C=O) groups is 2. The molecular weight excluding hydrogens is 320 g/mol. The van der Waals surface area contributed by atoms with Crippen molar-refractivity contribution in [1.29, 1.82) is 0 Å². The molecule has 0 aliphatic heterocycles. The number of nitrogens with one attached hydrogen (secondary N) is 2. The number of benzene rings is 2. The van der Waals surface area contributed by atoms with Crippen molar-refractivity contribution in [3.8, 4) is 11.5 Å². The Morgan fingerprint density at radius 2 is 1.60 bits per heavy atom. The summed E-state index contributed by atoms with van der Waals surface area (Å²) in [5, 5.41) is 5.59. The van der Waals surface area contributed by atoms with Gasteiger partial charge < -0.3 is 20.1 Å². The molecule has 0 heterocycles. The highest BCUT2D eigenvalue weighted by Crippen LogP contribution is 2.33. The summed E-state index contributed by atoms with van der Waals surface area (Å²) in [5.74, 6) is 0.849. The van der Waals surface area contributed by atoms with Crippen LogP contribution >= 0.6 is 0 Å².